The first-order valence-corrected chi connectivity index (χ1v) is 6.97. The molecule has 0 aliphatic carbocycles. The maximum atomic E-state index is 12.2. The first kappa shape index (κ1) is 15.2. The molecular formula is C14H20N4O3. The maximum Gasteiger partial charge on any atom is 0.292 e. The summed E-state index contributed by atoms with van der Waals surface area (Å²) in [7, 11) is 3.66. The highest BCUT2D eigenvalue weighted by Gasteiger charge is 2.20. The van der Waals surface area contributed by atoms with Crippen molar-refractivity contribution in [3.63, 3.8) is 0 Å². The second kappa shape index (κ2) is 6.53. The molecule has 0 atom stereocenters. The van der Waals surface area contributed by atoms with Gasteiger partial charge in [0, 0.05) is 24.7 Å². The highest BCUT2D eigenvalue weighted by Crippen LogP contribution is 2.25. The summed E-state index contributed by atoms with van der Waals surface area (Å²) in [5.41, 5.74) is 0.744. The third kappa shape index (κ3) is 3.69. The van der Waals surface area contributed by atoms with Crippen molar-refractivity contribution in [2.75, 3.05) is 32.5 Å². The van der Waals surface area contributed by atoms with Crippen molar-refractivity contribution in [1.82, 2.24) is 10.2 Å². The number of hydrogen-bond donors (Lipinski definition) is 2. The molecule has 7 heteroatoms. The molecule has 1 saturated heterocycles. The van der Waals surface area contributed by atoms with Crippen LogP contribution in [-0.4, -0.2) is 49.0 Å². The van der Waals surface area contributed by atoms with Crippen LogP contribution in [0.15, 0.2) is 18.2 Å². The molecule has 2 N–H and O–H groups in total. The van der Waals surface area contributed by atoms with Crippen LogP contribution in [0.5, 0.6) is 0 Å². The Labute approximate surface area is 123 Å². The summed E-state index contributed by atoms with van der Waals surface area (Å²) in [5.74, 6) is -0.184. The Hall–Kier alpha value is -2.15. The number of anilines is 1. The monoisotopic (exact) mass is 292 g/mol. The van der Waals surface area contributed by atoms with E-state index < -0.39 is 4.92 Å². The van der Waals surface area contributed by atoms with Gasteiger partial charge in [-0.15, -0.1) is 0 Å². The predicted molar refractivity (Wildman–Crippen MR) is 80.6 cm³/mol. The zero-order valence-corrected chi connectivity index (χ0v) is 12.3. The summed E-state index contributed by atoms with van der Waals surface area (Å²) in [6.45, 7) is 1.93. The second-order valence-electron chi connectivity index (χ2n) is 5.29. The average Bonchev–Trinajstić information content (AvgIpc) is 2.48. The van der Waals surface area contributed by atoms with Crippen LogP contribution >= 0.6 is 0 Å². The quantitative estimate of drug-likeness (QED) is 0.648. The number of piperidine rings is 1. The van der Waals surface area contributed by atoms with Crippen LogP contribution in [0.2, 0.25) is 0 Å². The van der Waals surface area contributed by atoms with E-state index in [-0.39, 0.29) is 17.6 Å². The topological polar surface area (TPSA) is 87.5 Å². The number of amides is 1. The Morgan fingerprint density at radius 1 is 1.38 bits per heavy atom. The molecule has 0 unspecified atom stereocenters. The molecule has 1 amide bonds. The molecule has 0 bridgehead atoms. The van der Waals surface area contributed by atoms with E-state index in [9.17, 15) is 14.9 Å². The van der Waals surface area contributed by atoms with E-state index in [0.717, 1.165) is 25.9 Å². The third-order valence-corrected chi connectivity index (χ3v) is 3.78. The van der Waals surface area contributed by atoms with Gasteiger partial charge in [0.1, 0.15) is 5.69 Å². The van der Waals surface area contributed by atoms with E-state index >= 15 is 0 Å². The molecule has 1 fully saturated rings. The highest BCUT2D eigenvalue weighted by atomic mass is 16.6. The summed E-state index contributed by atoms with van der Waals surface area (Å²) in [5, 5.41) is 16.6. The van der Waals surface area contributed by atoms with Crippen molar-refractivity contribution in [3.05, 3.63) is 33.9 Å². The van der Waals surface area contributed by atoms with Gasteiger partial charge in [0.05, 0.1) is 4.92 Å². The van der Waals surface area contributed by atoms with Gasteiger partial charge in [-0.25, -0.2) is 0 Å². The van der Waals surface area contributed by atoms with Gasteiger partial charge < -0.3 is 15.5 Å². The first-order valence-electron chi connectivity index (χ1n) is 6.97. The summed E-state index contributed by atoms with van der Waals surface area (Å²) in [4.78, 5) is 24.9. The van der Waals surface area contributed by atoms with Gasteiger partial charge in [0.25, 0.3) is 11.6 Å². The van der Waals surface area contributed by atoms with Crippen molar-refractivity contribution in [2.24, 2.45) is 0 Å². The maximum absolute atomic E-state index is 12.2. The largest absolute Gasteiger partial charge is 0.383 e. The predicted octanol–water partition coefficient (Wildman–Crippen LogP) is 1.46. The fourth-order valence-corrected chi connectivity index (χ4v) is 2.46. The van der Waals surface area contributed by atoms with Crippen LogP contribution in [0, 0.1) is 10.1 Å². The molecule has 21 heavy (non-hydrogen) atoms. The van der Waals surface area contributed by atoms with E-state index in [1.54, 1.807) is 7.05 Å². The van der Waals surface area contributed by atoms with Gasteiger partial charge in [-0.3, -0.25) is 14.9 Å². The highest BCUT2D eigenvalue weighted by molar-refractivity contribution is 5.96. The molecular weight excluding hydrogens is 272 g/mol. The van der Waals surface area contributed by atoms with Gasteiger partial charge in [-0.2, -0.15) is 0 Å². The van der Waals surface area contributed by atoms with Gasteiger partial charge >= 0.3 is 0 Å². The smallest absolute Gasteiger partial charge is 0.292 e. The molecule has 2 rings (SSSR count). The summed E-state index contributed by atoms with van der Waals surface area (Å²) in [6, 6.07) is 4.53. The molecule has 0 spiro atoms. The minimum Gasteiger partial charge on any atom is -0.383 e. The number of rotatable bonds is 4. The third-order valence-electron chi connectivity index (χ3n) is 3.78. The van der Waals surface area contributed by atoms with Crippen LogP contribution in [0.4, 0.5) is 11.4 Å². The summed E-state index contributed by atoms with van der Waals surface area (Å²) >= 11 is 0. The van der Waals surface area contributed by atoms with Gasteiger partial charge in [-0.1, -0.05) is 0 Å². The Kier molecular flexibility index (Phi) is 4.74. The number of hydrogen-bond acceptors (Lipinski definition) is 5. The Bertz CT molecular complexity index is 539. The molecule has 114 valence electrons. The minimum atomic E-state index is -0.468. The van der Waals surface area contributed by atoms with Gasteiger partial charge in [0.15, 0.2) is 0 Å². The number of nitrogens with zero attached hydrogens (tertiary/aromatic N) is 2. The van der Waals surface area contributed by atoms with Crippen LogP contribution < -0.4 is 10.6 Å². The Morgan fingerprint density at radius 2 is 2.05 bits per heavy atom. The number of carbonyl (C=O) groups excluding carboxylic acids is 1. The normalized spacial score (nSPS) is 16.5. The zero-order valence-electron chi connectivity index (χ0n) is 12.3. The van der Waals surface area contributed by atoms with Gasteiger partial charge in [0.2, 0.25) is 0 Å². The number of nitro benzene ring substituents is 1. The van der Waals surface area contributed by atoms with E-state index in [4.69, 9.17) is 0 Å². The fourth-order valence-electron chi connectivity index (χ4n) is 2.46. The van der Waals surface area contributed by atoms with Crippen molar-refractivity contribution < 1.29 is 9.72 Å². The van der Waals surface area contributed by atoms with E-state index in [1.807, 2.05) is 0 Å². The lowest BCUT2D eigenvalue weighted by molar-refractivity contribution is -0.383. The zero-order chi connectivity index (χ0) is 15.4. The van der Waals surface area contributed by atoms with Crippen LogP contribution in [0.1, 0.15) is 23.2 Å². The summed E-state index contributed by atoms with van der Waals surface area (Å²) < 4.78 is 0. The van der Waals surface area contributed by atoms with Crippen molar-refractivity contribution >= 4 is 17.3 Å². The molecule has 1 aliphatic heterocycles. The number of nitrogens with one attached hydrogen (secondary N) is 2. The Balaban J connectivity index is 2.07. The molecule has 0 radical (unpaired) electrons. The SMILES string of the molecule is CNc1cc(C(=O)NC2CCN(C)CC2)ccc1[N+](=O)[O-]. The lowest BCUT2D eigenvalue weighted by atomic mass is 10.0. The van der Waals surface area contributed by atoms with E-state index in [2.05, 4.69) is 22.6 Å². The number of likely N-dealkylation sites (tertiary alicyclic amines) is 1. The molecule has 0 saturated carbocycles. The molecule has 1 aromatic carbocycles. The van der Waals surface area contributed by atoms with Crippen molar-refractivity contribution in [1.29, 1.82) is 0 Å². The van der Waals surface area contributed by atoms with E-state index in [1.165, 1.54) is 18.2 Å². The molecule has 7 nitrogen and oxygen atoms in total. The fraction of sp³-hybridized carbons (Fsp3) is 0.500. The van der Waals surface area contributed by atoms with Crippen LogP contribution in [0.25, 0.3) is 0 Å². The number of carbonyl (C=O) groups is 1. The standard InChI is InChI=1S/C14H20N4O3/c1-15-12-9-10(3-4-13(12)18(20)21)14(19)16-11-5-7-17(2)8-6-11/h3-4,9,11,15H,5-8H2,1-2H3,(H,16,19). The van der Waals surface area contributed by atoms with Crippen molar-refractivity contribution in [3.8, 4) is 0 Å². The molecule has 1 heterocycles. The second-order valence-corrected chi connectivity index (χ2v) is 5.29. The minimum absolute atomic E-state index is 0.0339. The number of nitro groups is 1. The van der Waals surface area contributed by atoms with E-state index in [0.29, 0.717) is 11.3 Å². The van der Waals surface area contributed by atoms with Gasteiger partial charge in [-0.05, 0) is 45.1 Å². The molecule has 0 aromatic heterocycles. The number of benzene rings is 1. The first-order chi connectivity index (χ1) is 10.0. The molecule has 1 aromatic rings. The lowest BCUT2D eigenvalue weighted by Gasteiger charge is -2.29. The lowest BCUT2D eigenvalue weighted by Crippen LogP contribution is -2.43. The molecule has 1 aliphatic rings. The average molecular weight is 292 g/mol. The van der Waals surface area contributed by atoms with Crippen molar-refractivity contribution in [2.45, 2.75) is 18.9 Å². The van der Waals surface area contributed by atoms with Crippen LogP contribution in [-0.2, 0) is 0 Å². The van der Waals surface area contributed by atoms with Crippen LogP contribution in [0.3, 0.4) is 0 Å². The summed E-state index contributed by atoms with van der Waals surface area (Å²) in [6.07, 6.45) is 1.85. The Morgan fingerprint density at radius 3 is 2.62 bits per heavy atom.